The zero-order chi connectivity index (χ0) is 6.69. The van der Waals surface area contributed by atoms with E-state index in [0.717, 1.165) is 3.58 Å². The lowest BCUT2D eigenvalue weighted by atomic mass is 10.5. The van der Waals surface area contributed by atoms with Crippen molar-refractivity contribution in [1.29, 1.82) is 0 Å². The van der Waals surface area contributed by atoms with Crippen LogP contribution in [0.1, 0.15) is 0 Å². The number of hydrogen-bond acceptors (Lipinski definition) is 1. The molecular formula is C6H3I2N. The third-order valence-electron chi connectivity index (χ3n) is 0.785. The van der Waals surface area contributed by atoms with Gasteiger partial charge in [-0.1, -0.05) is 0 Å². The fraction of sp³-hybridized carbons (Fsp3) is 0. The number of allylic oxidation sites excluding steroid dienone is 4. The van der Waals surface area contributed by atoms with Crippen molar-refractivity contribution in [2.75, 3.05) is 0 Å². The normalized spacial score (nSPS) is 16.7. The second-order valence-corrected chi connectivity index (χ2v) is 3.74. The Morgan fingerprint density at radius 2 is 2.11 bits per heavy atom. The van der Waals surface area contributed by atoms with E-state index in [0.29, 0.717) is 0 Å². The van der Waals surface area contributed by atoms with Gasteiger partial charge in [0.05, 0.1) is 6.20 Å². The van der Waals surface area contributed by atoms with Crippen LogP contribution in [0.25, 0.3) is 0 Å². The van der Waals surface area contributed by atoms with Crippen LogP contribution in [-0.2, 0) is 0 Å². The van der Waals surface area contributed by atoms with Crippen LogP contribution in [0.15, 0.2) is 30.5 Å². The smallest absolute Gasteiger partial charge is 0.0512 e. The Bertz CT molecular complexity index is 209. The number of halogens is 2. The Labute approximate surface area is 80.9 Å². The summed E-state index contributed by atoms with van der Waals surface area (Å²) in [7, 11) is 0. The van der Waals surface area contributed by atoms with E-state index in [-0.39, 0.29) is 0 Å². The number of rotatable bonds is 0. The van der Waals surface area contributed by atoms with Gasteiger partial charge in [0, 0.05) is 13.2 Å². The Morgan fingerprint density at radius 1 is 1.33 bits per heavy atom. The average molecular weight is 343 g/mol. The van der Waals surface area contributed by atoms with E-state index < -0.39 is 0 Å². The Kier molecular flexibility index (Phi) is 2.94. The lowest BCUT2D eigenvalue weighted by molar-refractivity contribution is 1.61. The van der Waals surface area contributed by atoms with Crippen LogP contribution in [0, 0.1) is 0 Å². The van der Waals surface area contributed by atoms with Gasteiger partial charge < -0.3 is 0 Å². The van der Waals surface area contributed by atoms with Crippen molar-refractivity contribution in [3.8, 4) is 0 Å². The predicted molar refractivity (Wildman–Crippen MR) is 56.2 cm³/mol. The lowest BCUT2D eigenvalue weighted by Gasteiger charge is -1.88. The minimum absolute atomic E-state index is 1.16. The molecule has 1 aliphatic heterocycles. The number of nitrogens with zero attached hydrogens (tertiary/aromatic N) is 1. The molecule has 0 fully saturated rings. The second kappa shape index (κ2) is 3.53. The average Bonchev–Trinajstić information content (AvgIpc) is 1.99. The third kappa shape index (κ3) is 2.23. The van der Waals surface area contributed by atoms with Crippen LogP contribution >= 0.6 is 45.2 Å². The summed E-state index contributed by atoms with van der Waals surface area (Å²) in [6.07, 6.45) is 5.58. The maximum atomic E-state index is 3.87. The summed E-state index contributed by atoms with van der Waals surface area (Å²) in [5, 5.41) is 0. The van der Waals surface area contributed by atoms with Gasteiger partial charge in [0.1, 0.15) is 0 Å². The third-order valence-corrected chi connectivity index (χ3v) is 3.62. The Morgan fingerprint density at radius 3 is 2.89 bits per heavy atom. The summed E-state index contributed by atoms with van der Waals surface area (Å²) in [6.45, 7) is 0. The van der Waals surface area contributed by atoms with Crippen LogP contribution in [0.4, 0.5) is 0 Å². The van der Waals surface area contributed by atoms with Crippen LogP contribution in [0.5, 0.6) is 0 Å². The molecule has 0 aromatic rings. The van der Waals surface area contributed by atoms with Crippen molar-refractivity contribution in [2.24, 2.45) is 4.99 Å². The summed E-state index contributed by atoms with van der Waals surface area (Å²) < 4.78 is 2.37. The predicted octanol–water partition coefficient (Wildman–Crippen LogP) is 2.82. The topological polar surface area (TPSA) is 12.4 Å². The molecule has 1 heterocycles. The molecule has 1 aliphatic rings. The van der Waals surface area contributed by atoms with Gasteiger partial charge in [-0.05, 0) is 57.1 Å². The van der Waals surface area contributed by atoms with E-state index in [1.165, 1.54) is 3.58 Å². The quantitative estimate of drug-likeness (QED) is 0.600. The summed E-state index contributed by atoms with van der Waals surface area (Å²) in [6, 6.07) is 0. The summed E-state index contributed by atoms with van der Waals surface area (Å²) >= 11 is 4.50. The summed E-state index contributed by atoms with van der Waals surface area (Å²) in [5.41, 5.74) is 0. The van der Waals surface area contributed by atoms with Crippen molar-refractivity contribution in [3.05, 3.63) is 25.5 Å². The molecule has 0 amide bonds. The van der Waals surface area contributed by atoms with Gasteiger partial charge in [0.2, 0.25) is 0 Å². The molecule has 0 radical (unpaired) electrons. The molecule has 46 valence electrons. The largest absolute Gasteiger partial charge is 0.213 e. The first kappa shape index (κ1) is 7.50. The van der Waals surface area contributed by atoms with E-state index >= 15 is 0 Å². The maximum absolute atomic E-state index is 3.87. The number of hydrogen-bond donors (Lipinski definition) is 0. The van der Waals surface area contributed by atoms with Gasteiger partial charge >= 0.3 is 0 Å². The van der Waals surface area contributed by atoms with Crippen molar-refractivity contribution >= 4 is 51.1 Å². The van der Waals surface area contributed by atoms with Gasteiger partial charge in [-0.15, -0.1) is 0 Å². The molecule has 0 saturated heterocycles. The van der Waals surface area contributed by atoms with E-state index in [4.69, 9.17) is 0 Å². The van der Waals surface area contributed by atoms with Crippen LogP contribution in [-0.4, -0.2) is 5.87 Å². The molecule has 0 spiro atoms. The van der Waals surface area contributed by atoms with Crippen LogP contribution < -0.4 is 0 Å². The zero-order valence-corrected chi connectivity index (χ0v) is 8.75. The van der Waals surface area contributed by atoms with Crippen molar-refractivity contribution in [3.63, 3.8) is 0 Å². The van der Waals surface area contributed by atoms with Gasteiger partial charge in [-0.3, -0.25) is 0 Å². The fourth-order valence-corrected chi connectivity index (χ4v) is 1.03. The molecule has 1 rings (SSSR count). The molecule has 0 unspecified atom stereocenters. The molecular weight excluding hydrogens is 340 g/mol. The second-order valence-electron chi connectivity index (χ2n) is 1.42. The van der Waals surface area contributed by atoms with Crippen molar-refractivity contribution < 1.29 is 0 Å². The molecule has 0 aromatic heterocycles. The molecule has 0 atom stereocenters. The highest BCUT2D eigenvalue weighted by atomic mass is 127. The molecule has 9 heavy (non-hydrogen) atoms. The minimum atomic E-state index is 1.16. The molecule has 1 nitrogen and oxygen atoms in total. The first-order valence-electron chi connectivity index (χ1n) is 2.31. The molecule has 0 saturated carbocycles. The molecule has 0 bridgehead atoms. The first-order valence-corrected chi connectivity index (χ1v) is 4.47. The Balaban J connectivity index is 3.01. The first-order chi connectivity index (χ1) is 4.30. The number of aliphatic imine (C=N–C) groups is 1. The molecule has 3 heteroatoms. The van der Waals surface area contributed by atoms with Gasteiger partial charge in [0.25, 0.3) is 0 Å². The van der Waals surface area contributed by atoms with Crippen LogP contribution in [0.2, 0.25) is 0 Å². The minimum Gasteiger partial charge on any atom is -0.213 e. The van der Waals surface area contributed by atoms with Gasteiger partial charge in [0.15, 0.2) is 0 Å². The van der Waals surface area contributed by atoms with Gasteiger partial charge in [-0.2, -0.15) is 0 Å². The Hall–Kier alpha value is 0.390. The lowest BCUT2D eigenvalue weighted by Crippen LogP contribution is -1.64. The summed E-state index contributed by atoms with van der Waals surface area (Å²) in [5.74, 6) is 2.75. The van der Waals surface area contributed by atoms with E-state index in [1.54, 1.807) is 6.20 Å². The highest BCUT2D eigenvalue weighted by Crippen LogP contribution is 2.24. The molecule has 0 N–H and O–H groups in total. The SMILES string of the molecule is IC1=CC=C=NC=C1I. The van der Waals surface area contributed by atoms with Crippen molar-refractivity contribution in [2.45, 2.75) is 0 Å². The van der Waals surface area contributed by atoms with E-state index in [1.807, 2.05) is 12.2 Å². The highest BCUT2D eigenvalue weighted by molar-refractivity contribution is 14.1. The molecule has 0 aromatic carbocycles. The van der Waals surface area contributed by atoms with E-state index in [9.17, 15) is 0 Å². The standard InChI is InChI=1S/C6H3I2N/c7-5-2-1-3-9-4-6(5)8/h1-2,4H. The zero-order valence-electron chi connectivity index (χ0n) is 4.44. The summed E-state index contributed by atoms with van der Waals surface area (Å²) in [4.78, 5) is 3.87. The molecule has 0 aliphatic carbocycles. The van der Waals surface area contributed by atoms with Gasteiger partial charge in [-0.25, -0.2) is 4.99 Å². The van der Waals surface area contributed by atoms with E-state index in [2.05, 4.69) is 56.0 Å². The highest BCUT2D eigenvalue weighted by Gasteiger charge is 1.94. The van der Waals surface area contributed by atoms with Crippen LogP contribution in [0.3, 0.4) is 0 Å². The fourth-order valence-electron chi connectivity index (χ4n) is 0.389. The maximum Gasteiger partial charge on any atom is 0.0512 e. The monoisotopic (exact) mass is 343 g/mol. The van der Waals surface area contributed by atoms with Crippen molar-refractivity contribution in [1.82, 2.24) is 0 Å².